The lowest BCUT2D eigenvalue weighted by molar-refractivity contribution is -0.117. The van der Waals surface area contributed by atoms with E-state index in [1.165, 1.54) is 25.7 Å². The molecule has 3 rings (SSSR count). The first-order chi connectivity index (χ1) is 9.11. The zero-order valence-electron chi connectivity index (χ0n) is 10.9. The standard InChI is InChI=1S/C15H19ClN2O/c16-12-3-4-14(13(17)8-12)18-15(19)7-11-6-9-1-2-10(11)5-9/h3-4,8-11H,1-2,5-7,17H2,(H,18,19). The van der Waals surface area contributed by atoms with Crippen molar-refractivity contribution in [2.75, 3.05) is 11.1 Å². The van der Waals surface area contributed by atoms with Crippen molar-refractivity contribution in [2.45, 2.75) is 32.1 Å². The number of fused-ring (bicyclic) bond motifs is 2. The molecule has 0 heterocycles. The van der Waals surface area contributed by atoms with Gasteiger partial charge in [0.25, 0.3) is 0 Å². The molecule has 2 aliphatic rings. The molecule has 2 saturated carbocycles. The summed E-state index contributed by atoms with van der Waals surface area (Å²) in [7, 11) is 0. The average molecular weight is 279 g/mol. The Morgan fingerprint density at radius 3 is 2.84 bits per heavy atom. The summed E-state index contributed by atoms with van der Waals surface area (Å²) >= 11 is 5.84. The van der Waals surface area contributed by atoms with Crippen LogP contribution in [0.25, 0.3) is 0 Å². The van der Waals surface area contributed by atoms with E-state index < -0.39 is 0 Å². The minimum absolute atomic E-state index is 0.0755. The number of hydrogen-bond donors (Lipinski definition) is 2. The SMILES string of the molecule is Nc1cc(Cl)ccc1NC(=O)CC1CC2CCC1C2. The molecule has 19 heavy (non-hydrogen) atoms. The van der Waals surface area contributed by atoms with Gasteiger partial charge in [-0.15, -0.1) is 0 Å². The van der Waals surface area contributed by atoms with E-state index in [0.717, 1.165) is 11.8 Å². The van der Waals surface area contributed by atoms with Crippen LogP contribution >= 0.6 is 11.6 Å². The summed E-state index contributed by atoms with van der Waals surface area (Å²) in [5.74, 6) is 2.31. The number of nitrogen functional groups attached to an aromatic ring is 1. The maximum absolute atomic E-state index is 12.1. The topological polar surface area (TPSA) is 55.1 Å². The van der Waals surface area contributed by atoms with Gasteiger partial charge in [-0.3, -0.25) is 4.79 Å². The van der Waals surface area contributed by atoms with Crippen LogP contribution in [0.15, 0.2) is 18.2 Å². The average Bonchev–Trinajstić information content (AvgIpc) is 2.95. The van der Waals surface area contributed by atoms with Crippen molar-refractivity contribution in [3.63, 3.8) is 0 Å². The van der Waals surface area contributed by atoms with Gasteiger partial charge in [0.1, 0.15) is 0 Å². The third-order valence-electron chi connectivity index (χ3n) is 4.62. The van der Waals surface area contributed by atoms with E-state index >= 15 is 0 Å². The Bertz CT molecular complexity index is 503. The Kier molecular flexibility index (Phi) is 3.40. The second-order valence-electron chi connectivity index (χ2n) is 5.92. The fourth-order valence-corrected chi connectivity index (χ4v) is 3.89. The number of benzene rings is 1. The third kappa shape index (κ3) is 2.71. The molecule has 2 fully saturated rings. The molecule has 0 aromatic heterocycles. The summed E-state index contributed by atoms with van der Waals surface area (Å²) in [5.41, 5.74) is 7.03. The zero-order valence-corrected chi connectivity index (χ0v) is 11.6. The minimum Gasteiger partial charge on any atom is -0.397 e. The van der Waals surface area contributed by atoms with Crippen LogP contribution in [-0.2, 0) is 4.79 Å². The van der Waals surface area contributed by atoms with Crippen molar-refractivity contribution < 1.29 is 4.79 Å². The summed E-state index contributed by atoms with van der Waals surface area (Å²) in [4.78, 5) is 12.1. The molecule has 1 aromatic carbocycles. The highest BCUT2D eigenvalue weighted by atomic mass is 35.5. The first-order valence-electron chi connectivity index (χ1n) is 6.96. The summed E-state index contributed by atoms with van der Waals surface area (Å²) < 4.78 is 0. The Balaban J connectivity index is 1.59. The lowest BCUT2D eigenvalue weighted by Crippen LogP contribution is -2.20. The first-order valence-corrected chi connectivity index (χ1v) is 7.34. The van der Waals surface area contributed by atoms with Crippen molar-refractivity contribution in [3.8, 4) is 0 Å². The summed E-state index contributed by atoms with van der Waals surface area (Å²) in [6.07, 6.45) is 5.87. The molecule has 3 N–H and O–H groups in total. The van der Waals surface area contributed by atoms with E-state index in [-0.39, 0.29) is 5.91 Å². The summed E-state index contributed by atoms with van der Waals surface area (Å²) in [6.45, 7) is 0. The number of hydrogen-bond acceptors (Lipinski definition) is 2. The fourth-order valence-electron chi connectivity index (χ4n) is 3.71. The molecule has 3 unspecified atom stereocenters. The van der Waals surface area contributed by atoms with Gasteiger partial charge in [0.2, 0.25) is 5.91 Å². The molecule has 2 aliphatic carbocycles. The van der Waals surface area contributed by atoms with Crippen LogP contribution in [-0.4, -0.2) is 5.91 Å². The molecule has 3 nitrogen and oxygen atoms in total. The molecular weight excluding hydrogens is 260 g/mol. The smallest absolute Gasteiger partial charge is 0.224 e. The van der Waals surface area contributed by atoms with E-state index in [4.69, 9.17) is 17.3 Å². The molecule has 1 amide bonds. The number of halogens is 1. The molecule has 0 saturated heterocycles. The molecule has 1 aromatic rings. The highest BCUT2D eigenvalue weighted by Gasteiger charge is 2.40. The van der Waals surface area contributed by atoms with Gasteiger partial charge in [-0.05, 0) is 55.2 Å². The normalized spacial score (nSPS) is 28.6. The van der Waals surface area contributed by atoms with Gasteiger partial charge < -0.3 is 11.1 Å². The predicted molar refractivity (Wildman–Crippen MR) is 78.0 cm³/mol. The van der Waals surface area contributed by atoms with Gasteiger partial charge in [-0.1, -0.05) is 18.0 Å². The quantitative estimate of drug-likeness (QED) is 0.829. The van der Waals surface area contributed by atoms with Crippen molar-refractivity contribution >= 4 is 28.9 Å². The van der Waals surface area contributed by atoms with Gasteiger partial charge in [0, 0.05) is 11.4 Å². The highest BCUT2D eigenvalue weighted by Crippen LogP contribution is 2.49. The van der Waals surface area contributed by atoms with Crippen LogP contribution in [0.4, 0.5) is 11.4 Å². The Morgan fingerprint density at radius 1 is 1.37 bits per heavy atom. The number of amides is 1. The van der Waals surface area contributed by atoms with Crippen LogP contribution in [0.1, 0.15) is 32.1 Å². The van der Waals surface area contributed by atoms with Crippen LogP contribution in [0.2, 0.25) is 5.02 Å². The monoisotopic (exact) mass is 278 g/mol. The van der Waals surface area contributed by atoms with Crippen molar-refractivity contribution in [2.24, 2.45) is 17.8 Å². The number of rotatable bonds is 3. The molecule has 0 spiro atoms. The molecule has 0 aliphatic heterocycles. The largest absolute Gasteiger partial charge is 0.397 e. The van der Waals surface area contributed by atoms with E-state index in [1.807, 2.05) is 0 Å². The number of nitrogens with one attached hydrogen (secondary N) is 1. The molecule has 0 radical (unpaired) electrons. The van der Waals surface area contributed by atoms with Crippen molar-refractivity contribution in [3.05, 3.63) is 23.2 Å². The second kappa shape index (κ2) is 5.04. The molecular formula is C15H19ClN2O. The molecule has 2 bridgehead atoms. The fraction of sp³-hybridized carbons (Fsp3) is 0.533. The molecule has 4 heteroatoms. The van der Waals surface area contributed by atoms with Gasteiger partial charge in [0.05, 0.1) is 11.4 Å². The van der Waals surface area contributed by atoms with Gasteiger partial charge >= 0.3 is 0 Å². The van der Waals surface area contributed by atoms with Crippen LogP contribution in [0.5, 0.6) is 0 Å². The van der Waals surface area contributed by atoms with Crippen molar-refractivity contribution in [1.82, 2.24) is 0 Å². The highest BCUT2D eigenvalue weighted by molar-refractivity contribution is 6.31. The van der Waals surface area contributed by atoms with Gasteiger partial charge in [-0.2, -0.15) is 0 Å². The van der Waals surface area contributed by atoms with Gasteiger partial charge in [0.15, 0.2) is 0 Å². The van der Waals surface area contributed by atoms with E-state index in [0.29, 0.717) is 28.7 Å². The van der Waals surface area contributed by atoms with Crippen LogP contribution in [0.3, 0.4) is 0 Å². The zero-order chi connectivity index (χ0) is 13.4. The third-order valence-corrected chi connectivity index (χ3v) is 4.85. The van der Waals surface area contributed by atoms with Crippen LogP contribution in [0, 0.1) is 17.8 Å². The Labute approximate surface area is 118 Å². The molecule has 3 atom stereocenters. The number of carbonyl (C=O) groups excluding carboxylic acids is 1. The number of anilines is 2. The maximum atomic E-state index is 12.1. The number of nitrogens with two attached hydrogens (primary N) is 1. The summed E-state index contributed by atoms with van der Waals surface area (Å²) in [5, 5.41) is 3.49. The van der Waals surface area contributed by atoms with Gasteiger partial charge in [-0.25, -0.2) is 0 Å². The van der Waals surface area contributed by atoms with E-state index in [9.17, 15) is 4.79 Å². The van der Waals surface area contributed by atoms with Crippen molar-refractivity contribution in [1.29, 1.82) is 0 Å². The Hall–Kier alpha value is -1.22. The van der Waals surface area contributed by atoms with E-state index in [2.05, 4.69) is 5.32 Å². The summed E-state index contributed by atoms with van der Waals surface area (Å²) in [6, 6.07) is 5.16. The Morgan fingerprint density at radius 2 is 2.21 bits per heavy atom. The van der Waals surface area contributed by atoms with Crippen LogP contribution < -0.4 is 11.1 Å². The van der Waals surface area contributed by atoms with E-state index in [1.54, 1.807) is 18.2 Å². The maximum Gasteiger partial charge on any atom is 0.224 e. The first kappa shape index (κ1) is 12.8. The lowest BCUT2D eigenvalue weighted by atomic mass is 9.86. The predicted octanol–water partition coefficient (Wildman–Crippen LogP) is 3.69. The lowest BCUT2D eigenvalue weighted by Gasteiger charge is -2.21. The number of carbonyl (C=O) groups is 1. The minimum atomic E-state index is 0.0755. The second-order valence-corrected chi connectivity index (χ2v) is 6.36. The molecule has 102 valence electrons.